The third kappa shape index (κ3) is 4.24. The molecule has 0 bridgehead atoms. The Morgan fingerprint density at radius 1 is 1.16 bits per heavy atom. The van der Waals surface area contributed by atoms with Crippen molar-refractivity contribution in [1.82, 2.24) is 10.3 Å². The highest BCUT2D eigenvalue weighted by Gasteiger charge is 2.35. The summed E-state index contributed by atoms with van der Waals surface area (Å²) in [6.07, 6.45) is 1.25. The van der Waals surface area contributed by atoms with Gasteiger partial charge in [0.25, 0.3) is 5.91 Å². The second kappa shape index (κ2) is 7.92. The van der Waals surface area contributed by atoms with Gasteiger partial charge in [0.15, 0.2) is 0 Å². The third-order valence-corrected chi connectivity index (χ3v) is 4.18. The van der Waals surface area contributed by atoms with E-state index in [2.05, 4.69) is 10.3 Å². The Labute approximate surface area is 148 Å². The van der Waals surface area contributed by atoms with Crippen LogP contribution in [0.2, 0.25) is 0 Å². The fourth-order valence-electron chi connectivity index (χ4n) is 2.83. The van der Waals surface area contributed by atoms with Crippen molar-refractivity contribution in [2.75, 3.05) is 7.11 Å². The number of nitrogens with zero attached hydrogens (tertiary/aromatic N) is 1. The molecule has 5 nitrogen and oxygen atoms in total. The summed E-state index contributed by atoms with van der Waals surface area (Å²) in [7, 11) is 1.32. The lowest BCUT2D eigenvalue weighted by Gasteiger charge is -2.27. The van der Waals surface area contributed by atoms with Crippen LogP contribution in [0.1, 0.15) is 42.7 Å². The van der Waals surface area contributed by atoms with Crippen molar-refractivity contribution in [3.8, 4) is 11.3 Å². The van der Waals surface area contributed by atoms with E-state index in [0.29, 0.717) is 17.7 Å². The molecule has 1 N–H and O–H groups in total. The zero-order valence-corrected chi connectivity index (χ0v) is 15.1. The molecule has 132 valence electrons. The van der Waals surface area contributed by atoms with Gasteiger partial charge in [-0.25, -0.2) is 4.79 Å². The van der Waals surface area contributed by atoms with Crippen LogP contribution in [-0.2, 0) is 9.53 Å². The van der Waals surface area contributed by atoms with Gasteiger partial charge in [0.1, 0.15) is 5.54 Å². The van der Waals surface area contributed by atoms with Crippen molar-refractivity contribution in [2.45, 2.75) is 39.2 Å². The number of aromatic nitrogens is 1. The van der Waals surface area contributed by atoms with E-state index < -0.39 is 11.5 Å². The third-order valence-electron chi connectivity index (χ3n) is 4.18. The predicted molar refractivity (Wildman–Crippen MR) is 97.2 cm³/mol. The smallest absolute Gasteiger partial charge is 0.331 e. The first-order valence-electron chi connectivity index (χ1n) is 8.35. The average molecular weight is 340 g/mol. The van der Waals surface area contributed by atoms with Crippen LogP contribution in [0, 0.1) is 6.92 Å². The molecule has 1 heterocycles. The number of rotatable bonds is 6. The van der Waals surface area contributed by atoms with Crippen molar-refractivity contribution < 1.29 is 14.3 Å². The van der Waals surface area contributed by atoms with Crippen LogP contribution in [0.3, 0.4) is 0 Å². The van der Waals surface area contributed by atoms with Crippen LogP contribution >= 0.6 is 0 Å². The number of aryl methyl sites for hydroxylation is 1. The van der Waals surface area contributed by atoms with E-state index in [1.807, 2.05) is 43.3 Å². The molecule has 0 aliphatic carbocycles. The van der Waals surface area contributed by atoms with Gasteiger partial charge < -0.3 is 10.1 Å². The number of nitrogens with one attached hydrogen (secondary N) is 1. The molecule has 2 aromatic rings. The summed E-state index contributed by atoms with van der Waals surface area (Å²) in [6, 6.07) is 13.3. The van der Waals surface area contributed by atoms with Crippen LogP contribution in [-0.4, -0.2) is 29.5 Å². The number of methoxy groups -OCH3 is 1. The molecule has 25 heavy (non-hydrogen) atoms. The van der Waals surface area contributed by atoms with Crippen molar-refractivity contribution in [2.24, 2.45) is 0 Å². The lowest BCUT2D eigenvalue weighted by atomic mass is 9.95. The molecule has 0 saturated carbocycles. The van der Waals surface area contributed by atoms with E-state index in [9.17, 15) is 9.59 Å². The number of hydrogen-bond acceptors (Lipinski definition) is 4. The fourth-order valence-corrected chi connectivity index (χ4v) is 2.83. The van der Waals surface area contributed by atoms with E-state index in [0.717, 1.165) is 17.7 Å². The van der Waals surface area contributed by atoms with Crippen LogP contribution in [0.25, 0.3) is 11.3 Å². The minimum atomic E-state index is -1.05. The Kier molecular flexibility index (Phi) is 5.91. The molecule has 0 spiro atoms. The first-order chi connectivity index (χ1) is 11.9. The number of carbonyl (C=O) groups is 2. The summed E-state index contributed by atoms with van der Waals surface area (Å²) < 4.78 is 4.84. The van der Waals surface area contributed by atoms with Gasteiger partial charge in [-0.1, -0.05) is 43.7 Å². The van der Waals surface area contributed by atoms with Crippen LogP contribution < -0.4 is 5.32 Å². The number of benzene rings is 1. The van der Waals surface area contributed by atoms with Crippen molar-refractivity contribution in [3.63, 3.8) is 0 Å². The standard InChI is InChI=1S/C20H24N2O3/c1-5-13-20(3,19(24)25-4)22-18(23)16-11-12-17(21-14(16)2)15-9-7-6-8-10-15/h6-12H,5,13H2,1-4H3,(H,22,23). The Morgan fingerprint density at radius 2 is 1.84 bits per heavy atom. The van der Waals surface area contributed by atoms with Crippen LogP contribution in [0.15, 0.2) is 42.5 Å². The van der Waals surface area contributed by atoms with Gasteiger partial charge >= 0.3 is 5.97 Å². The summed E-state index contributed by atoms with van der Waals surface area (Å²) in [5.41, 5.74) is 1.81. The van der Waals surface area contributed by atoms with E-state index in [1.165, 1.54) is 7.11 Å². The van der Waals surface area contributed by atoms with Crippen LogP contribution in [0.4, 0.5) is 0 Å². The highest BCUT2D eigenvalue weighted by atomic mass is 16.5. The van der Waals surface area contributed by atoms with E-state index in [4.69, 9.17) is 4.74 Å². The summed E-state index contributed by atoms with van der Waals surface area (Å²) >= 11 is 0. The maximum absolute atomic E-state index is 12.7. The summed E-state index contributed by atoms with van der Waals surface area (Å²) in [5.74, 6) is -0.778. The minimum Gasteiger partial charge on any atom is -0.467 e. The van der Waals surface area contributed by atoms with Crippen LogP contribution in [0.5, 0.6) is 0 Å². The minimum absolute atomic E-state index is 0.328. The number of ether oxygens (including phenoxy) is 1. The molecule has 0 aliphatic rings. The molecule has 1 aromatic carbocycles. The maximum Gasteiger partial charge on any atom is 0.331 e. The molecule has 1 atom stereocenters. The Balaban J connectivity index is 2.26. The molecule has 5 heteroatoms. The molecule has 2 rings (SSSR count). The number of pyridine rings is 1. The lowest BCUT2D eigenvalue weighted by molar-refractivity contribution is -0.147. The first-order valence-corrected chi connectivity index (χ1v) is 8.35. The van der Waals surface area contributed by atoms with Gasteiger partial charge in [-0.05, 0) is 32.4 Å². The second-order valence-electron chi connectivity index (χ2n) is 6.22. The topological polar surface area (TPSA) is 68.3 Å². The molecule has 1 aromatic heterocycles. The number of hydrogen-bond donors (Lipinski definition) is 1. The first kappa shape index (κ1) is 18.6. The van der Waals surface area contributed by atoms with Gasteiger partial charge in [-0.2, -0.15) is 0 Å². The molecule has 0 saturated heterocycles. The zero-order chi connectivity index (χ0) is 18.4. The maximum atomic E-state index is 12.7. The summed E-state index contributed by atoms with van der Waals surface area (Å²) in [6.45, 7) is 5.42. The molecule has 1 amide bonds. The molecule has 0 fully saturated rings. The molecular weight excluding hydrogens is 316 g/mol. The van der Waals surface area contributed by atoms with E-state index in [-0.39, 0.29) is 5.91 Å². The van der Waals surface area contributed by atoms with Gasteiger partial charge in [0.05, 0.1) is 24.1 Å². The van der Waals surface area contributed by atoms with Crippen molar-refractivity contribution in [1.29, 1.82) is 0 Å². The number of amides is 1. The fraction of sp³-hybridized carbons (Fsp3) is 0.350. The Hall–Kier alpha value is -2.69. The van der Waals surface area contributed by atoms with Gasteiger partial charge in [0.2, 0.25) is 0 Å². The predicted octanol–water partition coefficient (Wildman–Crippen LogP) is 3.52. The van der Waals surface area contributed by atoms with Gasteiger partial charge in [-0.15, -0.1) is 0 Å². The largest absolute Gasteiger partial charge is 0.467 e. The molecule has 0 aliphatic heterocycles. The molecule has 0 radical (unpaired) electrons. The second-order valence-corrected chi connectivity index (χ2v) is 6.22. The molecule has 1 unspecified atom stereocenters. The van der Waals surface area contributed by atoms with Crippen molar-refractivity contribution >= 4 is 11.9 Å². The SMILES string of the molecule is CCCC(C)(NC(=O)c1ccc(-c2ccccc2)nc1C)C(=O)OC. The quantitative estimate of drug-likeness (QED) is 0.817. The molecular formula is C20H24N2O3. The van der Waals surface area contributed by atoms with E-state index >= 15 is 0 Å². The normalized spacial score (nSPS) is 13.0. The monoisotopic (exact) mass is 340 g/mol. The number of carbonyl (C=O) groups excluding carboxylic acids is 2. The Morgan fingerprint density at radius 3 is 2.40 bits per heavy atom. The summed E-state index contributed by atoms with van der Waals surface area (Å²) in [5, 5.41) is 2.81. The average Bonchev–Trinajstić information content (AvgIpc) is 2.61. The van der Waals surface area contributed by atoms with E-state index in [1.54, 1.807) is 19.9 Å². The summed E-state index contributed by atoms with van der Waals surface area (Å²) in [4.78, 5) is 29.3. The number of esters is 1. The van der Waals surface area contributed by atoms with Gasteiger partial charge in [0, 0.05) is 5.56 Å². The lowest BCUT2D eigenvalue weighted by Crippen LogP contribution is -2.52. The highest BCUT2D eigenvalue weighted by molar-refractivity contribution is 5.99. The Bertz CT molecular complexity index is 759. The van der Waals surface area contributed by atoms with Gasteiger partial charge in [-0.3, -0.25) is 9.78 Å². The van der Waals surface area contributed by atoms with Crippen molar-refractivity contribution in [3.05, 3.63) is 53.7 Å². The zero-order valence-electron chi connectivity index (χ0n) is 15.1. The highest BCUT2D eigenvalue weighted by Crippen LogP contribution is 2.20.